The Bertz CT molecular complexity index is 743. The lowest BCUT2D eigenvalue weighted by molar-refractivity contribution is -0.144. The smallest absolute Gasteiger partial charge is 0.325 e. The van der Waals surface area contributed by atoms with Crippen molar-refractivity contribution in [2.24, 2.45) is 5.73 Å². The first-order chi connectivity index (χ1) is 10.5. The summed E-state index contributed by atoms with van der Waals surface area (Å²) in [6.07, 6.45) is 3.00. The highest BCUT2D eigenvalue weighted by molar-refractivity contribution is 6.31. The normalized spacial score (nSPS) is 20.3. The first-order valence-corrected chi connectivity index (χ1v) is 7.41. The fraction of sp³-hybridized carbons (Fsp3) is 0.333. The average molecular weight is 322 g/mol. The molecule has 7 heteroatoms. The van der Waals surface area contributed by atoms with Gasteiger partial charge in [-0.05, 0) is 31.0 Å². The highest BCUT2D eigenvalue weighted by Crippen LogP contribution is 2.34. The number of likely N-dealkylation sites (tertiary alicyclic amines) is 1. The summed E-state index contributed by atoms with van der Waals surface area (Å²) < 4.78 is 0. The lowest BCUT2D eigenvalue weighted by Crippen LogP contribution is -2.44. The summed E-state index contributed by atoms with van der Waals surface area (Å²) >= 11 is 6.02. The van der Waals surface area contributed by atoms with Crippen LogP contribution in [0.4, 0.5) is 0 Å². The maximum Gasteiger partial charge on any atom is 0.325 e. The highest BCUT2D eigenvalue weighted by Gasteiger charge is 2.39. The molecule has 1 saturated heterocycles. The van der Waals surface area contributed by atoms with Gasteiger partial charge in [-0.15, -0.1) is 0 Å². The number of halogens is 1. The number of amides is 1. The zero-order valence-electron chi connectivity index (χ0n) is 11.8. The monoisotopic (exact) mass is 321 g/mol. The molecule has 22 heavy (non-hydrogen) atoms. The second-order valence-electron chi connectivity index (χ2n) is 5.47. The zero-order chi connectivity index (χ0) is 15.9. The van der Waals surface area contributed by atoms with Crippen LogP contribution in [0.5, 0.6) is 0 Å². The van der Waals surface area contributed by atoms with E-state index in [1.807, 2.05) is 0 Å². The molecule has 2 heterocycles. The third-order valence-electron chi connectivity index (χ3n) is 4.16. The van der Waals surface area contributed by atoms with E-state index >= 15 is 0 Å². The number of H-pyrrole nitrogens is 1. The van der Waals surface area contributed by atoms with E-state index in [4.69, 9.17) is 17.3 Å². The van der Waals surface area contributed by atoms with Crippen molar-refractivity contribution in [3.8, 4) is 0 Å². The molecule has 6 nitrogen and oxygen atoms in total. The van der Waals surface area contributed by atoms with E-state index in [2.05, 4.69) is 4.98 Å². The largest absolute Gasteiger partial charge is 0.480 e. The second kappa shape index (κ2) is 5.62. The Labute approximate surface area is 131 Å². The maximum atomic E-state index is 11.8. The number of benzene rings is 1. The van der Waals surface area contributed by atoms with Crippen LogP contribution in [0.25, 0.3) is 10.9 Å². The molecule has 1 aromatic heterocycles. The Balaban J connectivity index is 2.09. The fourth-order valence-electron chi connectivity index (χ4n) is 3.20. The number of hydrogen-bond acceptors (Lipinski definition) is 3. The van der Waals surface area contributed by atoms with Gasteiger partial charge in [-0.3, -0.25) is 14.5 Å². The van der Waals surface area contributed by atoms with Crippen molar-refractivity contribution in [2.75, 3.05) is 6.54 Å². The van der Waals surface area contributed by atoms with Crippen LogP contribution in [0.1, 0.15) is 24.4 Å². The molecule has 1 aliphatic heterocycles. The molecule has 1 unspecified atom stereocenters. The van der Waals surface area contributed by atoms with Gasteiger partial charge in [-0.2, -0.15) is 0 Å². The van der Waals surface area contributed by atoms with Gasteiger partial charge in [0, 0.05) is 34.2 Å². The first kappa shape index (κ1) is 14.9. The van der Waals surface area contributed by atoms with Gasteiger partial charge in [-0.25, -0.2) is 0 Å². The molecule has 1 amide bonds. The van der Waals surface area contributed by atoms with Gasteiger partial charge in [0.05, 0.1) is 6.04 Å². The van der Waals surface area contributed by atoms with Gasteiger partial charge in [0.25, 0.3) is 0 Å². The predicted octanol–water partition coefficient (Wildman–Crippen LogP) is 1.90. The van der Waals surface area contributed by atoms with Gasteiger partial charge >= 0.3 is 5.97 Å². The first-order valence-electron chi connectivity index (χ1n) is 7.03. The predicted molar refractivity (Wildman–Crippen MR) is 82.6 cm³/mol. The van der Waals surface area contributed by atoms with Crippen LogP contribution in [0.15, 0.2) is 24.4 Å². The van der Waals surface area contributed by atoms with E-state index in [0.717, 1.165) is 17.3 Å². The number of carbonyl (C=O) groups is 2. The molecule has 0 bridgehead atoms. The minimum absolute atomic E-state index is 0.485. The van der Waals surface area contributed by atoms with Gasteiger partial charge in [-0.1, -0.05) is 11.6 Å². The molecule has 0 saturated carbocycles. The lowest BCUT2D eigenvalue weighted by Gasteiger charge is -2.28. The van der Waals surface area contributed by atoms with Crippen LogP contribution in [-0.4, -0.2) is 39.5 Å². The summed E-state index contributed by atoms with van der Waals surface area (Å²) in [5.41, 5.74) is 6.82. The minimum atomic E-state index is -1.01. The fourth-order valence-corrected chi connectivity index (χ4v) is 3.37. The Hall–Kier alpha value is -2.05. The molecule has 4 N–H and O–H groups in total. The van der Waals surface area contributed by atoms with Crippen molar-refractivity contribution in [3.63, 3.8) is 0 Å². The van der Waals surface area contributed by atoms with Crippen molar-refractivity contribution < 1.29 is 14.7 Å². The van der Waals surface area contributed by atoms with E-state index in [9.17, 15) is 14.7 Å². The van der Waals surface area contributed by atoms with Gasteiger partial charge < -0.3 is 15.8 Å². The third kappa shape index (κ3) is 2.44. The van der Waals surface area contributed by atoms with E-state index < -0.39 is 24.0 Å². The standard InChI is InChI=1S/C15H16ClN3O3/c16-8-3-4-11-9(6-8)10(7-18-11)13(15(21)22)19-5-1-2-12(19)14(17)20/h3-4,6-7,12-13,18H,1-2,5H2,(H2,17,20)(H,21,22)/t12-,13?/m0/s1. The number of nitrogens with zero attached hydrogens (tertiary/aromatic N) is 1. The van der Waals surface area contributed by atoms with Crippen LogP contribution >= 0.6 is 11.6 Å². The number of carboxylic acids is 1. The second-order valence-corrected chi connectivity index (χ2v) is 5.91. The Kier molecular flexibility index (Phi) is 3.80. The summed E-state index contributed by atoms with van der Waals surface area (Å²) in [7, 11) is 0. The third-order valence-corrected chi connectivity index (χ3v) is 4.39. The Morgan fingerprint density at radius 1 is 1.45 bits per heavy atom. The molecular weight excluding hydrogens is 306 g/mol. The summed E-state index contributed by atoms with van der Waals surface area (Å²) in [6, 6.07) is 3.79. The Morgan fingerprint density at radius 3 is 2.91 bits per heavy atom. The summed E-state index contributed by atoms with van der Waals surface area (Å²) in [6.45, 7) is 0.526. The Morgan fingerprint density at radius 2 is 2.23 bits per heavy atom. The zero-order valence-corrected chi connectivity index (χ0v) is 12.5. The minimum Gasteiger partial charge on any atom is -0.480 e. The molecule has 1 aliphatic rings. The highest BCUT2D eigenvalue weighted by atomic mass is 35.5. The number of carboxylic acid groups (broad SMARTS) is 1. The number of primary amides is 1. The van der Waals surface area contributed by atoms with Crippen molar-refractivity contribution in [1.82, 2.24) is 9.88 Å². The molecule has 2 aromatic rings. The molecule has 1 aromatic carbocycles. The SMILES string of the molecule is NC(=O)[C@@H]1CCCN1C(C(=O)O)c1c[nH]c2ccc(Cl)cc12. The summed E-state index contributed by atoms with van der Waals surface area (Å²) in [4.78, 5) is 28.1. The molecule has 0 radical (unpaired) electrons. The maximum absolute atomic E-state index is 11.8. The van der Waals surface area contributed by atoms with Crippen LogP contribution < -0.4 is 5.73 Å². The van der Waals surface area contributed by atoms with Gasteiger partial charge in [0.2, 0.25) is 5.91 Å². The van der Waals surface area contributed by atoms with E-state index in [0.29, 0.717) is 23.6 Å². The number of aromatic nitrogens is 1. The number of aromatic amines is 1. The van der Waals surface area contributed by atoms with E-state index in [1.165, 1.54) is 0 Å². The van der Waals surface area contributed by atoms with E-state index in [1.54, 1.807) is 29.3 Å². The average Bonchev–Trinajstić information content (AvgIpc) is 3.07. The quantitative estimate of drug-likeness (QED) is 0.800. The van der Waals surface area contributed by atoms with Crippen LogP contribution in [-0.2, 0) is 9.59 Å². The van der Waals surface area contributed by atoms with Crippen LogP contribution in [0.2, 0.25) is 5.02 Å². The van der Waals surface area contributed by atoms with Crippen LogP contribution in [0, 0.1) is 0 Å². The van der Waals surface area contributed by atoms with Crippen molar-refractivity contribution in [3.05, 3.63) is 35.0 Å². The number of fused-ring (bicyclic) bond motifs is 1. The molecule has 0 spiro atoms. The van der Waals surface area contributed by atoms with Gasteiger partial charge in [0.15, 0.2) is 0 Å². The summed E-state index contributed by atoms with van der Waals surface area (Å²) in [5, 5.41) is 11.0. The lowest BCUT2D eigenvalue weighted by atomic mass is 10.0. The van der Waals surface area contributed by atoms with Crippen LogP contribution in [0.3, 0.4) is 0 Å². The van der Waals surface area contributed by atoms with Crippen molar-refractivity contribution in [2.45, 2.75) is 24.9 Å². The molecular formula is C15H16ClN3O3. The molecule has 2 atom stereocenters. The molecule has 3 rings (SSSR count). The molecule has 0 aliphatic carbocycles. The number of carbonyl (C=O) groups excluding carboxylic acids is 1. The number of aliphatic carboxylic acids is 1. The van der Waals surface area contributed by atoms with E-state index in [-0.39, 0.29) is 0 Å². The number of hydrogen-bond donors (Lipinski definition) is 3. The molecule has 1 fully saturated rings. The number of rotatable bonds is 4. The van der Waals surface area contributed by atoms with Crippen molar-refractivity contribution in [1.29, 1.82) is 0 Å². The summed E-state index contributed by atoms with van der Waals surface area (Å²) in [5.74, 6) is -1.49. The topological polar surface area (TPSA) is 99.4 Å². The van der Waals surface area contributed by atoms with Crippen molar-refractivity contribution >= 4 is 34.4 Å². The molecule has 116 valence electrons. The number of nitrogens with one attached hydrogen (secondary N) is 1. The number of nitrogens with two attached hydrogens (primary N) is 1. The van der Waals surface area contributed by atoms with Gasteiger partial charge in [0.1, 0.15) is 6.04 Å².